The van der Waals surface area contributed by atoms with Gasteiger partial charge >= 0.3 is 6.09 Å². The van der Waals surface area contributed by atoms with Crippen molar-refractivity contribution in [3.8, 4) is 0 Å². The van der Waals surface area contributed by atoms with E-state index in [4.69, 9.17) is 9.47 Å². The molecule has 3 amide bonds. The Morgan fingerprint density at radius 2 is 1.79 bits per heavy atom. The van der Waals surface area contributed by atoms with Gasteiger partial charge in [0.05, 0.1) is 18.8 Å². The second kappa shape index (κ2) is 16.4. The molecule has 1 aliphatic heterocycles. The van der Waals surface area contributed by atoms with Crippen molar-refractivity contribution >= 4 is 23.6 Å². The van der Waals surface area contributed by atoms with Gasteiger partial charge in [-0.2, -0.15) is 0 Å². The van der Waals surface area contributed by atoms with E-state index in [0.717, 1.165) is 30.5 Å². The molecule has 1 aliphatic rings. The molecule has 0 radical (unpaired) electrons. The van der Waals surface area contributed by atoms with E-state index in [9.17, 15) is 19.5 Å². The fraction of sp³-hybridized carbons (Fsp3) is 0.735. The van der Waals surface area contributed by atoms with E-state index in [1.54, 1.807) is 27.9 Å². The second-order valence-electron chi connectivity index (χ2n) is 14.3. The number of anilines is 1. The molecule has 43 heavy (non-hydrogen) atoms. The molecule has 1 aromatic rings. The predicted octanol–water partition coefficient (Wildman–Crippen LogP) is 5.48. The quantitative estimate of drug-likeness (QED) is 0.229. The molecule has 4 atom stereocenters. The number of para-hydroxylation sites is 1. The van der Waals surface area contributed by atoms with Crippen LogP contribution >= 0.6 is 0 Å². The van der Waals surface area contributed by atoms with E-state index in [2.05, 4.69) is 23.6 Å². The first-order valence-corrected chi connectivity index (χ1v) is 15.9. The minimum absolute atomic E-state index is 0.00717. The van der Waals surface area contributed by atoms with E-state index < -0.39 is 35.2 Å². The Labute approximate surface area is 259 Å². The number of nitrogens with zero attached hydrogens (tertiary/aromatic N) is 1. The fourth-order valence-electron chi connectivity index (χ4n) is 5.80. The van der Waals surface area contributed by atoms with Crippen LogP contribution in [-0.2, 0) is 25.5 Å². The van der Waals surface area contributed by atoms with Crippen LogP contribution in [-0.4, -0.2) is 67.6 Å². The highest BCUT2D eigenvalue weighted by Gasteiger charge is 2.37. The van der Waals surface area contributed by atoms with Crippen molar-refractivity contribution < 1.29 is 29.0 Å². The van der Waals surface area contributed by atoms with Crippen molar-refractivity contribution in [3.05, 3.63) is 29.8 Å². The van der Waals surface area contributed by atoms with Gasteiger partial charge in [0.25, 0.3) is 0 Å². The number of amides is 3. The van der Waals surface area contributed by atoms with Crippen LogP contribution in [0, 0.1) is 23.2 Å². The lowest BCUT2D eigenvalue weighted by Gasteiger charge is -2.38. The maximum Gasteiger partial charge on any atom is 0.407 e. The van der Waals surface area contributed by atoms with E-state index in [1.807, 2.05) is 50.8 Å². The molecule has 0 saturated carbocycles. The Bertz CT molecular complexity index is 1050. The Kier molecular flexibility index (Phi) is 14.0. The third kappa shape index (κ3) is 12.1. The minimum Gasteiger partial charge on any atom is -0.444 e. The van der Waals surface area contributed by atoms with Crippen LogP contribution in [0.3, 0.4) is 0 Å². The standard InChI is InChI=1S/C34H57N3O6/c1-10-11-16-35-31(40)26(23(2)3)18-29(38)27(36-32(41)43-33(4,5)6)19-34(7,8)20-30(39)37-21-24(22-42-9)17-25-14-12-13-15-28(25)37/h12-15,23-24,26-27,29,38H,10-11,16-22H2,1-9H3,(H,35,40)(H,36,41)/t24?,26-,27-,29-/m0/s1. The number of hydrogen-bond acceptors (Lipinski definition) is 6. The third-order valence-electron chi connectivity index (χ3n) is 7.97. The molecule has 1 unspecified atom stereocenters. The topological polar surface area (TPSA) is 117 Å². The lowest BCUT2D eigenvalue weighted by atomic mass is 9.78. The summed E-state index contributed by atoms with van der Waals surface area (Å²) in [7, 11) is 1.68. The average molecular weight is 604 g/mol. The number of aliphatic hydroxyl groups is 1. The lowest BCUT2D eigenvalue weighted by Crippen LogP contribution is -2.50. The smallest absolute Gasteiger partial charge is 0.407 e. The number of ether oxygens (including phenoxy) is 2. The zero-order chi connectivity index (χ0) is 32.4. The van der Waals surface area contributed by atoms with Crippen LogP contribution in [0.1, 0.15) is 93.1 Å². The number of carbonyl (C=O) groups excluding carboxylic acids is 3. The molecule has 0 fully saturated rings. The number of rotatable bonds is 15. The highest BCUT2D eigenvalue weighted by atomic mass is 16.6. The molecule has 3 N–H and O–H groups in total. The van der Waals surface area contributed by atoms with Gasteiger partial charge < -0.3 is 30.1 Å². The predicted molar refractivity (Wildman–Crippen MR) is 171 cm³/mol. The Morgan fingerprint density at radius 3 is 2.40 bits per heavy atom. The van der Waals surface area contributed by atoms with Crippen LogP contribution in [0.2, 0.25) is 0 Å². The highest BCUT2D eigenvalue weighted by Crippen LogP contribution is 2.35. The van der Waals surface area contributed by atoms with Crippen molar-refractivity contribution in [2.75, 3.05) is 31.7 Å². The molecule has 2 rings (SSSR count). The highest BCUT2D eigenvalue weighted by molar-refractivity contribution is 5.95. The summed E-state index contributed by atoms with van der Waals surface area (Å²) in [5, 5.41) is 17.4. The molecular formula is C34H57N3O6. The van der Waals surface area contributed by atoms with Gasteiger partial charge in [0.1, 0.15) is 5.60 Å². The Morgan fingerprint density at radius 1 is 1.12 bits per heavy atom. The van der Waals surface area contributed by atoms with Crippen molar-refractivity contribution in [2.45, 2.75) is 112 Å². The molecule has 1 aromatic carbocycles. The molecule has 0 aromatic heterocycles. The number of fused-ring (bicyclic) bond motifs is 1. The lowest BCUT2D eigenvalue weighted by molar-refractivity contribution is -0.127. The summed E-state index contributed by atoms with van der Waals surface area (Å²) in [6.45, 7) is 17.0. The van der Waals surface area contributed by atoms with Gasteiger partial charge in [-0.05, 0) is 69.4 Å². The normalized spacial score (nSPS) is 17.6. The molecule has 1 heterocycles. The van der Waals surface area contributed by atoms with Gasteiger partial charge in [-0.15, -0.1) is 0 Å². The van der Waals surface area contributed by atoms with Crippen LogP contribution in [0.15, 0.2) is 24.3 Å². The number of methoxy groups -OCH3 is 1. The van der Waals surface area contributed by atoms with Crippen LogP contribution in [0.25, 0.3) is 0 Å². The SMILES string of the molecule is CCCCNC(=O)[C@@H](C[C@H](O)[C@H](CC(C)(C)CC(=O)N1CC(COC)Cc2ccccc21)NC(=O)OC(C)(C)C)C(C)C. The van der Waals surface area contributed by atoms with Crippen molar-refractivity contribution in [3.63, 3.8) is 0 Å². The van der Waals surface area contributed by atoms with Crippen molar-refractivity contribution in [1.82, 2.24) is 10.6 Å². The van der Waals surface area contributed by atoms with Gasteiger partial charge in [0.15, 0.2) is 0 Å². The summed E-state index contributed by atoms with van der Waals surface area (Å²) in [6.07, 6.45) is 1.77. The van der Waals surface area contributed by atoms with Crippen molar-refractivity contribution in [1.29, 1.82) is 0 Å². The van der Waals surface area contributed by atoms with Gasteiger partial charge in [-0.3, -0.25) is 9.59 Å². The van der Waals surface area contributed by atoms with Gasteiger partial charge in [0, 0.05) is 44.1 Å². The van der Waals surface area contributed by atoms with E-state index >= 15 is 0 Å². The molecule has 0 spiro atoms. The number of nitrogens with one attached hydrogen (secondary N) is 2. The summed E-state index contributed by atoms with van der Waals surface area (Å²) in [4.78, 5) is 41.6. The Balaban J connectivity index is 2.25. The van der Waals surface area contributed by atoms with Gasteiger partial charge in [0.2, 0.25) is 11.8 Å². The Hall–Kier alpha value is -2.65. The number of unbranched alkanes of at least 4 members (excludes halogenated alkanes) is 1. The monoisotopic (exact) mass is 603 g/mol. The van der Waals surface area contributed by atoms with E-state index in [-0.39, 0.29) is 36.5 Å². The van der Waals surface area contributed by atoms with Gasteiger partial charge in [-0.1, -0.05) is 59.2 Å². The molecule has 9 heteroatoms. The maximum absolute atomic E-state index is 13.8. The third-order valence-corrected chi connectivity index (χ3v) is 7.97. The average Bonchev–Trinajstić information content (AvgIpc) is 2.89. The number of benzene rings is 1. The van der Waals surface area contributed by atoms with Crippen LogP contribution < -0.4 is 15.5 Å². The molecule has 244 valence electrons. The zero-order valence-electron chi connectivity index (χ0n) is 28.0. The van der Waals surface area contributed by atoms with E-state index in [1.165, 1.54) is 0 Å². The number of carbonyl (C=O) groups is 3. The maximum atomic E-state index is 13.8. The first-order chi connectivity index (χ1) is 20.1. The molecular weight excluding hydrogens is 546 g/mol. The van der Waals surface area contributed by atoms with Crippen LogP contribution in [0.5, 0.6) is 0 Å². The largest absolute Gasteiger partial charge is 0.444 e. The fourth-order valence-corrected chi connectivity index (χ4v) is 5.80. The molecule has 0 bridgehead atoms. The zero-order valence-corrected chi connectivity index (χ0v) is 28.0. The summed E-state index contributed by atoms with van der Waals surface area (Å²) >= 11 is 0. The molecule has 0 saturated heterocycles. The second-order valence-corrected chi connectivity index (χ2v) is 14.3. The summed E-state index contributed by atoms with van der Waals surface area (Å²) in [5.74, 6) is -0.345. The summed E-state index contributed by atoms with van der Waals surface area (Å²) in [5.41, 5.74) is 0.745. The van der Waals surface area contributed by atoms with Crippen molar-refractivity contribution in [2.24, 2.45) is 23.2 Å². The van der Waals surface area contributed by atoms with Gasteiger partial charge in [-0.25, -0.2) is 4.79 Å². The number of hydrogen-bond donors (Lipinski definition) is 3. The minimum atomic E-state index is -1.02. The van der Waals surface area contributed by atoms with E-state index in [0.29, 0.717) is 26.1 Å². The first kappa shape index (κ1) is 36.5. The number of alkyl carbamates (subject to hydrolysis) is 1. The summed E-state index contributed by atoms with van der Waals surface area (Å²) < 4.78 is 10.9. The molecule has 9 nitrogen and oxygen atoms in total. The van der Waals surface area contributed by atoms with Crippen LogP contribution in [0.4, 0.5) is 10.5 Å². The number of aliphatic hydroxyl groups excluding tert-OH is 1. The molecule has 0 aliphatic carbocycles. The first-order valence-electron chi connectivity index (χ1n) is 15.9. The summed E-state index contributed by atoms with van der Waals surface area (Å²) in [6, 6.07) is 7.25.